The molecule has 1 heterocycles. The highest BCUT2D eigenvalue weighted by molar-refractivity contribution is 5.85. The van der Waals surface area contributed by atoms with E-state index in [1.165, 1.54) is 23.4 Å². The molecule has 0 amide bonds. The zero-order chi connectivity index (χ0) is 13.2. The molecular weight excluding hydrogens is 275 g/mol. The molecular formula is C16H18ClFN2. The van der Waals surface area contributed by atoms with Crippen LogP contribution in [0, 0.1) is 5.82 Å². The number of nitrogens with two attached hydrogens (primary N) is 1. The first-order chi connectivity index (χ1) is 9.24. The fraction of sp³-hybridized carbons (Fsp3) is 0.250. The minimum atomic E-state index is -0.188. The Morgan fingerprint density at radius 3 is 2.60 bits per heavy atom. The highest BCUT2D eigenvalue weighted by atomic mass is 35.5. The highest BCUT2D eigenvalue weighted by Crippen LogP contribution is 2.32. The molecule has 0 atom stereocenters. The van der Waals surface area contributed by atoms with E-state index in [-0.39, 0.29) is 18.2 Å². The van der Waals surface area contributed by atoms with Crippen molar-refractivity contribution in [1.82, 2.24) is 0 Å². The summed E-state index contributed by atoms with van der Waals surface area (Å²) in [6.07, 6.45) is 2.16. The second-order valence-electron chi connectivity index (χ2n) is 5.00. The minimum Gasteiger partial charge on any atom is -0.398 e. The highest BCUT2D eigenvalue weighted by Gasteiger charge is 2.18. The lowest BCUT2D eigenvalue weighted by Gasteiger charge is -2.32. The number of rotatable bonds is 2. The lowest BCUT2D eigenvalue weighted by Crippen LogP contribution is -2.29. The summed E-state index contributed by atoms with van der Waals surface area (Å²) >= 11 is 0. The Balaban J connectivity index is 0.00000147. The van der Waals surface area contributed by atoms with Crippen molar-refractivity contribution in [3.05, 3.63) is 59.4 Å². The van der Waals surface area contributed by atoms with Crippen LogP contribution >= 0.6 is 12.4 Å². The molecule has 0 spiro atoms. The van der Waals surface area contributed by atoms with Crippen LogP contribution in [0.3, 0.4) is 0 Å². The van der Waals surface area contributed by atoms with Gasteiger partial charge in [0.05, 0.1) is 0 Å². The van der Waals surface area contributed by atoms with Gasteiger partial charge in [0.2, 0.25) is 0 Å². The van der Waals surface area contributed by atoms with Crippen molar-refractivity contribution in [2.24, 2.45) is 0 Å². The normalized spacial score (nSPS) is 13.6. The van der Waals surface area contributed by atoms with Crippen molar-refractivity contribution < 1.29 is 4.39 Å². The van der Waals surface area contributed by atoms with E-state index in [1.807, 2.05) is 24.3 Å². The predicted octanol–water partition coefficient (Wildman–Crippen LogP) is 3.78. The molecule has 3 rings (SSSR count). The Kier molecular flexibility index (Phi) is 4.50. The molecule has 0 aromatic heterocycles. The molecule has 4 heteroatoms. The molecule has 0 unspecified atom stereocenters. The van der Waals surface area contributed by atoms with Crippen molar-refractivity contribution in [1.29, 1.82) is 0 Å². The van der Waals surface area contributed by atoms with E-state index in [9.17, 15) is 4.39 Å². The maximum Gasteiger partial charge on any atom is 0.123 e. The van der Waals surface area contributed by atoms with Crippen LogP contribution < -0.4 is 10.6 Å². The summed E-state index contributed by atoms with van der Waals surface area (Å²) in [6.45, 7) is 1.82. The number of benzene rings is 2. The standard InChI is InChI=1S/C16H17FN2.ClH/c17-13-8-6-12(7-9-13)11-19-10-2-3-14-15(18)4-1-5-16(14)19;/h1,4-9H,2-3,10-11,18H2;1H. The van der Waals surface area contributed by atoms with E-state index in [2.05, 4.69) is 11.0 Å². The summed E-state index contributed by atoms with van der Waals surface area (Å²) in [5.41, 5.74) is 10.5. The average molecular weight is 293 g/mol. The zero-order valence-electron chi connectivity index (χ0n) is 11.2. The summed E-state index contributed by atoms with van der Waals surface area (Å²) in [5, 5.41) is 0. The number of nitrogen functional groups attached to an aromatic ring is 1. The number of hydrogen-bond donors (Lipinski definition) is 1. The molecule has 2 aromatic rings. The van der Waals surface area contributed by atoms with E-state index in [0.29, 0.717) is 0 Å². The Bertz CT molecular complexity index is 584. The Labute approximate surface area is 124 Å². The van der Waals surface area contributed by atoms with Gasteiger partial charge in [0.25, 0.3) is 0 Å². The fourth-order valence-corrected chi connectivity index (χ4v) is 2.70. The van der Waals surface area contributed by atoms with Gasteiger partial charge in [-0.1, -0.05) is 18.2 Å². The quantitative estimate of drug-likeness (QED) is 0.854. The molecule has 1 aliphatic rings. The number of anilines is 2. The lowest BCUT2D eigenvalue weighted by molar-refractivity contribution is 0.626. The molecule has 20 heavy (non-hydrogen) atoms. The van der Waals surface area contributed by atoms with Gasteiger partial charge in [0.15, 0.2) is 0 Å². The first-order valence-electron chi connectivity index (χ1n) is 6.61. The van der Waals surface area contributed by atoms with Gasteiger partial charge in [-0.15, -0.1) is 12.4 Å². The van der Waals surface area contributed by atoms with Gasteiger partial charge in [0, 0.05) is 24.5 Å². The third kappa shape index (κ3) is 2.88. The van der Waals surface area contributed by atoms with E-state index in [4.69, 9.17) is 5.73 Å². The summed E-state index contributed by atoms with van der Waals surface area (Å²) in [7, 11) is 0. The topological polar surface area (TPSA) is 29.3 Å². The van der Waals surface area contributed by atoms with Crippen molar-refractivity contribution in [2.45, 2.75) is 19.4 Å². The average Bonchev–Trinajstić information content (AvgIpc) is 2.43. The van der Waals surface area contributed by atoms with E-state index < -0.39 is 0 Å². The molecule has 2 aromatic carbocycles. The van der Waals surface area contributed by atoms with Crippen LogP contribution in [-0.4, -0.2) is 6.54 Å². The smallest absolute Gasteiger partial charge is 0.123 e. The third-order valence-corrected chi connectivity index (χ3v) is 3.67. The van der Waals surface area contributed by atoms with Crippen LogP contribution in [0.2, 0.25) is 0 Å². The summed E-state index contributed by atoms with van der Waals surface area (Å²) in [5.74, 6) is -0.188. The number of fused-ring (bicyclic) bond motifs is 1. The predicted molar refractivity (Wildman–Crippen MR) is 83.9 cm³/mol. The van der Waals surface area contributed by atoms with Crippen LogP contribution in [0.25, 0.3) is 0 Å². The van der Waals surface area contributed by atoms with E-state index >= 15 is 0 Å². The molecule has 0 bridgehead atoms. The molecule has 1 aliphatic heterocycles. The number of halogens is 2. The monoisotopic (exact) mass is 292 g/mol. The Morgan fingerprint density at radius 1 is 1.10 bits per heavy atom. The fourth-order valence-electron chi connectivity index (χ4n) is 2.70. The van der Waals surface area contributed by atoms with Crippen LogP contribution in [0.5, 0.6) is 0 Å². The van der Waals surface area contributed by atoms with Gasteiger partial charge in [-0.3, -0.25) is 0 Å². The first-order valence-corrected chi connectivity index (χ1v) is 6.61. The van der Waals surface area contributed by atoms with E-state index in [0.717, 1.165) is 37.2 Å². The van der Waals surface area contributed by atoms with E-state index in [1.54, 1.807) is 0 Å². The molecule has 0 aliphatic carbocycles. The maximum absolute atomic E-state index is 12.9. The van der Waals surface area contributed by atoms with Gasteiger partial charge >= 0.3 is 0 Å². The second kappa shape index (κ2) is 6.14. The van der Waals surface area contributed by atoms with Gasteiger partial charge in [0.1, 0.15) is 5.82 Å². The molecule has 0 radical (unpaired) electrons. The second-order valence-corrected chi connectivity index (χ2v) is 5.00. The molecule has 2 nitrogen and oxygen atoms in total. The van der Waals surface area contributed by atoms with Gasteiger partial charge < -0.3 is 10.6 Å². The van der Waals surface area contributed by atoms with Gasteiger partial charge in [-0.25, -0.2) is 4.39 Å². The summed E-state index contributed by atoms with van der Waals surface area (Å²) in [6, 6.07) is 12.8. The van der Waals surface area contributed by atoms with Crippen LogP contribution in [-0.2, 0) is 13.0 Å². The van der Waals surface area contributed by atoms with Crippen LogP contribution in [0.1, 0.15) is 17.5 Å². The van der Waals surface area contributed by atoms with Crippen molar-refractivity contribution in [3.8, 4) is 0 Å². The summed E-state index contributed by atoms with van der Waals surface area (Å²) in [4.78, 5) is 2.32. The minimum absolute atomic E-state index is 0. The number of nitrogens with zero attached hydrogens (tertiary/aromatic N) is 1. The van der Waals surface area contributed by atoms with Gasteiger partial charge in [-0.05, 0) is 48.2 Å². The van der Waals surface area contributed by atoms with Crippen molar-refractivity contribution in [2.75, 3.05) is 17.2 Å². The van der Waals surface area contributed by atoms with Crippen molar-refractivity contribution in [3.63, 3.8) is 0 Å². The molecule has 2 N–H and O–H groups in total. The lowest BCUT2D eigenvalue weighted by atomic mass is 9.99. The number of hydrogen-bond acceptors (Lipinski definition) is 2. The largest absolute Gasteiger partial charge is 0.398 e. The summed E-state index contributed by atoms with van der Waals surface area (Å²) < 4.78 is 12.9. The first kappa shape index (κ1) is 14.7. The van der Waals surface area contributed by atoms with Crippen LogP contribution in [0.4, 0.5) is 15.8 Å². The van der Waals surface area contributed by atoms with Crippen molar-refractivity contribution >= 4 is 23.8 Å². The van der Waals surface area contributed by atoms with Crippen LogP contribution in [0.15, 0.2) is 42.5 Å². The molecule has 0 fully saturated rings. The van der Waals surface area contributed by atoms with Gasteiger partial charge in [-0.2, -0.15) is 0 Å². The maximum atomic E-state index is 12.9. The Hall–Kier alpha value is -1.74. The molecule has 106 valence electrons. The zero-order valence-corrected chi connectivity index (χ0v) is 12.0. The third-order valence-electron chi connectivity index (χ3n) is 3.67. The Morgan fingerprint density at radius 2 is 1.85 bits per heavy atom. The SMILES string of the molecule is Cl.Nc1cccc2c1CCCN2Cc1ccc(F)cc1. The molecule has 0 saturated heterocycles. The molecule has 0 saturated carbocycles.